The fourth-order valence-corrected chi connectivity index (χ4v) is 13.9. The number of rotatable bonds is 6. The molecule has 0 fully saturated rings. The van der Waals surface area contributed by atoms with Gasteiger partial charge in [0.05, 0.1) is 17.1 Å². The molecule has 0 N–H and O–H groups in total. The van der Waals surface area contributed by atoms with Crippen LogP contribution in [0.4, 0.5) is 34.1 Å². The maximum atomic E-state index is 2.69. The van der Waals surface area contributed by atoms with Gasteiger partial charge in [-0.2, -0.15) is 0 Å². The van der Waals surface area contributed by atoms with Crippen LogP contribution in [0.1, 0.15) is 65.2 Å². The largest absolute Gasteiger partial charge is 0.311 e. The van der Waals surface area contributed by atoms with Gasteiger partial charge in [0.25, 0.3) is 6.71 Å². The summed E-state index contributed by atoms with van der Waals surface area (Å²) in [5.74, 6) is 0. The Morgan fingerprint density at radius 3 is 1.54 bits per heavy atom. The summed E-state index contributed by atoms with van der Waals surface area (Å²) < 4.78 is 2.69. The van der Waals surface area contributed by atoms with Crippen molar-refractivity contribution in [3.05, 3.63) is 235 Å². The monoisotopic (exact) mass is 994 g/mol. The topological polar surface area (TPSA) is 6.48 Å². The van der Waals surface area contributed by atoms with Crippen LogP contribution in [0, 0.1) is 0 Å². The molecule has 0 spiro atoms. The van der Waals surface area contributed by atoms with E-state index in [9.17, 15) is 0 Å². The summed E-state index contributed by atoms with van der Waals surface area (Å²) in [5.41, 5.74) is 21.1. The zero-order valence-electron chi connectivity index (χ0n) is 44.4. The lowest BCUT2D eigenvalue weighted by Crippen LogP contribution is -2.60. The summed E-state index contributed by atoms with van der Waals surface area (Å²) in [6, 6.07) is 83.1. The van der Waals surface area contributed by atoms with Crippen molar-refractivity contribution in [3.63, 3.8) is 0 Å². The number of anilines is 6. The minimum absolute atomic E-state index is 0.00707. The van der Waals surface area contributed by atoms with Crippen molar-refractivity contribution in [1.82, 2.24) is 0 Å². The Balaban J connectivity index is 1.09. The molecule has 0 saturated heterocycles. The maximum Gasteiger partial charge on any atom is 0.264 e. The van der Waals surface area contributed by atoms with E-state index in [2.05, 4.69) is 277 Å². The number of fused-ring (bicyclic) bond motifs is 12. The van der Waals surface area contributed by atoms with E-state index in [0.717, 1.165) is 6.42 Å². The summed E-state index contributed by atoms with van der Waals surface area (Å²) in [4.78, 5) is 5.32. The highest BCUT2D eigenvalue weighted by atomic mass is 32.1. The second-order valence-electron chi connectivity index (χ2n) is 23.1. The summed E-state index contributed by atoms with van der Waals surface area (Å²) in [6.07, 6.45) is 0.949. The Hall–Kier alpha value is -8.18. The summed E-state index contributed by atoms with van der Waals surface area (Å²) in [7, 11) is 0. The van der Waals surface area contributed by atoms with Crippen LogP contribution in [-0.4, -0.2) is 6.71 Å². The standard InChI is InChI=1S/C72H59BN2S/c1-8-45-33-38-63-61(41-45)73-67-64(74(63)62-39-35-49(71(2,3)4)43-58(62)48-34-37-57-55-27-16-15-25-53(55)54-26-17-18-28-56(54)59(57)42-48)31-20-32-65(67)75(69-60-44-50(72(5,6)7)36-40-66(60)76-70(69)73)68-51(46-21-11-9-12-22-46)29-19-30-52(68)47-23-13-10-14-24-47/h9-44H,8H2,1-7H3. The molecule has 14 rings (SSSR count). The van der Waals surface area contributed by atoms with Crippen LogP contribution in [0.25, 0.3) is 75.8 Å². The van der Waals surface area contributed by atoms with Crippen molar-refractivity contribution in [1.29, 1.82) is 0 Å². The van der Waals surface area contributed by atoms with Crippen LogP contribution >= 0.6 is 11.3 Å². The zero-order valence-corrected chi connectivity index (χ0v) is 45.2. The predicted octanol–water partition coefficient (Wildman–Crippen LogP) is 18.6. The number of hydrogen-bond acceptors (Lipinski definition) is 3. The number of aryl methyl sites for hydroxylation is 1. The number of para-hydroxylation sites is 1. The van der Waals surface area contributed by atoms with E-state index < -0.39 is 0 Å². The summed E-state index contributed by atoms with van der Waals surface area (Å²) in [5, 5.41) is 9.00. The van der Waals surface area contributed by atoms with Gasteiger partial charge in [-0.05, 0) is 142 Å². The van der Waals surface area contributed by atoms with Crippen LogP contribution in [0.5, 0.6) is 0 Å². The van der Waals surface area contributed by atoms with Gasteiger partial charge in [-0.1, -0.05) is 218 Å². The van der Waals surface area contributed by atoms with Crippen LogP contribution in [0.15, 0.2) is 218 Å². The van der Waals surface area contributed by atoms with Crippen molar-refractivity contribution in [2.75, 3.05) is 9.80 Å². The van der Waals surface area contributed by atoms with E-state index >= 15 is 0 Å². The molecule has 76 heavy (non-hydrogen) atoms. The third kappa shape index (κ3) is 7.21. The molecule has 0 aliphatic carbocycles. The fraction of sp³-hybridized carbons (Fsp3) is 0.139. The van der Waals surface area contributed by atoms with Crippen LogP contribution in [0.2, 0.25) is 0 Å². The molecule has 366 valence electrons. The quantitative estimate of drug-likeness (QED) is 0.121. The third-order valence-electron chi connectivity index (χ3n) is 16.5. The lowest BCUT2D eigenvalue weighted by molar-refractivity contribution is 0.590. The SMILES string of the molecule is CCc1ccc2c(c1)B1c3sc4ccc(C(C)(C)C)cc4c3N(c3c(-c4ccccc4)cccc3-c3ccccc3)c3cccc(c31)N2c1ccc(C(C)(C)C)cc1-c1ccc2c3ccccc3c3ccccc3c2c1. The molecule has 2 nitrogen and oxygen atoms in total. The van der Waals surface area contributed by atoms with Crippen molar-refractivity contribution in [2.24, 2.45) is 0 Å². The molecule has 12 aromatic rings. The maximum absolute atomic E-state index is 2.69. The van der Waals surface area contributed by atoms with E-state index in [4.69, 9.17) is 0 Å². The van der Waals surface area contributed by atoms with Crippen molar-refractivity contribution in [2.45, 2.75) is 65.7 Å². The van der Waals surface area contributed by atoms with Gasteiger partial charge in [0.1, 0.15) is 0 Å². The first kappa shape index (κ1) is 46.4. The fourth-order valence-electron chi connectivity index (χ4n) is 12.6. The average molecular weight is 995 g/mol. The normalized spacial score (nSPS) is 13.2. The molecule has 0 saturated carbocycles. The molecule has 2 aliphatic rings. The van der Waals surface area contributed by atoms with E-state index in [-0.39, 0.29) is 17.5 Å². The van der Waals surface area contributed by atoms with Crippen molar-refractivity contribution >= 4 is 110 Å². The van der Waals surface area contributed by atoms with Crippen LogP contribution in [-0.2, 0) is 17.3 Å². The van der Waals surface area contributed by atoms with Gasteiger partial charge in [-0.15, -0.1) is 11.3 Å². The second kappa shape index (κ2) is 17.4. The third-order valence-corrected chi connectivity index (χ3v) is 17.7. The molecule has 0 atom stereocenters. The van der Waals surface area contributed by atoms with Gasteiger partial charge in [-0.3, -0.25) is 0 Å². The molecule has 0 radical (unpaired) electrons. The Kier molecular flexibility index (Phi) is 10.6. The molecule has 4 heteroatoms. The minimum atomic E-state index is -0.0760. The molecule has 3 heterocycles. The van der Waals surface area contributed by atoms with E-state index in [1.165, 1.54) is 142 Å². The van der Waals surface area contributed by atoms with E-state index in [1.807, 2.05) is 11.3 Å². The lowest BCUT2D eigenvalue weighted by Gasteiger charge is -2.44. The van der Waals surface area contributed by atoms with Gasteiger partial charge in [-0.25, -0.2) is 0 Å². The van der Waals surface area contributed by atoms with Gasteiger partial charge >= 0.3 is 0 Å². The lowest BCUT2D eigenvalue weighted by atomic mass is 9.36. The number of benzene rings is 11. The van der Waals surface area contributed by atoms with Gasteiger partial charge in [0.15, 0.2) is 0 Å². The van der Waals surface area contributed by atoms with Crippen molar-refractivity contribution in [3.8, 4) is 33.4 Å². The Bertz CT molecular complexity index is 4210. The second-order valence-corrected chi connectivity index (χ2v) is 24.2. The molecular weight excluding hydrogens is 936 g/mol. The Morgan fingerprint density at radius 1 is 0.382 bits per heavy atom. The highest BCUT2D eigenvalue weighted by Crippen LogP contribution is 2.54. The first-order valence-electron chi connectivity index (χ1n) is 27.1. The summed E-state index contributed by atoms with van der Waals surface area (Å²) in [6.45, 7) is 16.3. The molecule has 0 unspecified atom stereocenters. The van der Waals surface area contributed by atoms with Gasteiger partial charge < -0.3 is 9.80 Å². The average Bonchev–Trinajstić information content (AvgIpc) is 4.04. The van der Waals surface area contributed by atoms with E-state index in [0.29, 0.717) is 0 Å². The Morgan fingerprint density at radius 2 is 0.921 bits per heavy atom. The number of hydrogen-bond donors (Lipinski definition) is 0. The number of nitrogens with zero attached hydrogens (tertiary/aromatic N) is 2. The highest BCUT2D eigenvalue weighted by Gasteiger charge is 2.46. The first-order valence-corrected chi connectivity index (χ1v) is 27.9. The molecule has 0 bridgehead atoms. The molecular formula is C72H59BN2S. The number of thiophene rings is 1. The molecule has 11 aromatic carbocycles. The van der Waals surface area contributed by atoms with Gasteiger partial charge in [0.2, 0.25) is 0 Å². The first-order chi connectivity index (χ1) is 36.9. The summed E-state index contributed by atoms with van der Waals surface area (Å²) >= 11 is 1.98. The van der Waals surface area contributed by atoms with Crippen LogP contribution < -0.4 is 25.5 Å². The smallest absolute Gasteiger partial charge is 0.264 e. The molecule has 2 aliphatic heterocycles. The van der Waals surface area contributed by atoms with Crippen molar-refractivity contribution < 1.29 is 0 Å². The minimum Gasteiger partial charge on any atom is -0.311 e. The zero-order chi connectivity index (χ0) is 51.6. The molecule has 0 amide bonds. The predicted molar refractivity (Wildman–Crippen MR) is 331 cm³/mol. The van der Waals surface area contributed by atoms with Gasteiger partial charge in [0, 0.05) is 48.6 Å². The Labute approximate surface area is 451 Å². The molecule has 1 aromatic heterocycles. The highest BCUT2D eigenvalue weighted by molar-refractivity contribution is 7.33. The van der Waals surface area contributed by atoms with Crippen LogP contribution in [0.3, 0.4) is 0 Å². The van der Waals surface area contributed by atoms with E-state index in [1.54, 1.807) is 0 Å².